The second kappa shape index (κ2) is 5.38. The molecule has 0 saturated carbocycles. The van der Waals surface area contributed by atoms with Crippen molar-refractivity contribution in [1.29, 1.82) is 0 Å². The molecule has 0 aliphatic heterocycles. The van der Waals surface area contributed by atoms with E-state index in [4.69, 9.17) is 16.3 Å². The van der Waals surface area contributed by atoms with Crippen LogP contribution in [0.25, 0.3) is 0 Å². The molecule has 0 bridgehead atoms. The number of hydrogen-bond donors (Lipinski definition) is 1. The first kappa shape index (κ1) is 12.3. The summed E-state index contributed by atoms with van der Waals surface area (Å²) in [5.41, 5.74) is -0.181. The molecule has 15 heavy (non-hydrogen) atoms. The molecule has 1 aromatic carbocycles. The molecule has 1 N–H and O–H groups in total. The zero-order valence-electron chi connectivity index (χ0n) is 9.51. The lowest BCUT2D eigenvalue weighted by atomic mass is 10.0. The summed E-state index contributed by atoms with van der Waals surface area (Å²) in [4.78, 5) is 0. The summed E-state index contributed by atoms with van der Waals surface area (Å²) >= 11 is 5.90. The normalized spacial score (nSPS) is 14.7. The van der Waals surface area contributed by atoms with Gasteiger partial charge in [0.1, 0.15) is 11.4 Å². The Labute approximate surface area is 96.6 Å². The maximum Gasteiger partial charge on any atom is 0.121 e. The molecule has 0 amide bonds. The van der Waals surface area contributed by atoms with Gasteiger partial charge in [0.25, 0.3) is 0 Å². The number of halogens is 1. The third-order valence-electron chi connectivity index (χ3n) is 2.46. The van der Waals surface area contributed by atoms with E-state index < -0.39 is 0 Å². The topological polar surface area (TPSA) is 21.3 Å². The van der Waals surface area contributed by atoms with Crippen molar-refractivity contribution in [3.05, 3.63) is 29.3 Å². The predicted octanol–water partition coefficient (Wildman–Crippen LogP) is 3.11. The van der Waals surface area contributed by atoms with Gasteiger partial charge in [0.05, 0.1) is 0 Å². The highest BCUT2D eigenvalue weighted by molar-refractivity contribution is 6.30. The Morgan fingerprint density at radius 2 is 2.20 bits per heavy atom. The molecular weight excluding hydrogens is 210 g/mol. The Kier molecular flexibility index (Phi) is 4.43. The fourth-order valence-electron chi connectivity index (χ4n) is 1.42. The van der Waals surface area contributed by atoms with Crippen molar-refractivity contribution in [3.63, 3.8) is 0 Å². The van der Waals surface area contributed by atoms with E-state index in [9.17, 15) is 0 Å². The van der Waals surface area contributed by atoms with Crippen molar-refractivity contribution in [2.24, 2.45) is 0 Å². The summed E-state index contributed by atoms with van der Waals surface area (Å²) in [6.07, 6.45) is 0.945. The van der Waals surface area contributed by atoms with Crippen molar-refractivity contribution < 1.29 is 4.74 Å². The molecule has 0 aliphatic carbocycles. The van der Waals surface area contributed by atoms with Gasteiger partial charge in [-0.25, -0.2) is 0 Å². The lowest BCUT2D eigenvalue weighted by Gasteiger charge is -2.29. The highest BCUT2D eigenvalue weighted by Crippen LogP contribution is 2.23. The molecule has 1 atom stereocenters. The van der Waals surface area contributed by atoms with Crippen molar-refractivity contribution in [2.45, 2.75) is 25.9 Å². The van der Waals surface area contributed by atoms with Crippen LogP contribution in [0, 0.1) is 0 Å². The summed E-state index contributed by atoms with van der Waals surface area (Å²) in [5, 5.41) is 3.84. The molecule has 1 unspecified atom stereocenters. The largest absolute Gasteiger partial charge is 0.486 e. The molecule has 0 radical (unpaired) electrons. The molecule has 84 valence electrons. The second-order valence-corrected chi connectivity index (χ2v) is 4.33. The summed E-state index contributed by atoms with van der Waals surface area (Å²) in [6.45, 7) is 5.02. The third kappa shape index (κ3) is 3.73. The van der Waals surface area contributed by atoms with Crippen molar-refractivity contribution in [3.8, 4) is 5.75 Å². The van der Waals surface area contributed by atoms with Gasteiger partial charge in [-0.05, 0) is 38.6 Å². The minimum Gasteiger partial charge on any atom is -0.486 e. The van der Waals surface area contributed by atoms with Crippen LogP contribution in [0.3, 0.4) is 0 Å². The van der Waals surface area contributed by atoms with Crippen molar-refractivity contribution in [2.75, 3.05) is 13.6 Å². The Balaban J connectivity index is 2.74. The van der Waals surface area contributed by atoms with Gasteiger partial charge in [0, 0.05) is 11.6 Å². The Morgan fingerprint density at radius 1 is 1.47 bits per heavy atom. The van der Waals surface area contributed by atoms with Gasteiger partial charge in [-0.1, -0.05) is 24.6 Å². The molecule has 1 rings (SSSR count). The SMILES string of the molecule is CCC(C)(CNC)Oc1cccc(Cl)c1. The second-order valence-electron chi connectivity index (χ2n) is 3.89. The van der Waals surface area contributed by atoms with Gasteiger partial charge in [0.15, 0.2) is 0 Å². The van der Waals surface area contributed by atoms with Crippen LogP contribution in [0.15, 0.2) is 24.3 Å². The van der Waals surface area contributed by atoms with E-state index in [1.54, 1.807) is 0 Å². The molecule has 0 heterocycles. The molecule has 0 fully saturated rings. The molecule has 0 aliphatic rings. The summed E-state index contributed by atoms with van der Waals surface area (Å²) < 4.78 is 5.93. The first-order chi connectivity index (χ1) is 7.09. The highest BCUT2D eigenvalue weighted by atomic mass is 35.5. The number of likely N-dealkylation sites (N-methyl/N-ethyl adjacent to an activating group) is 1. The van der Waals surface area contributed by atoms with Crippen LogP contribution >= 0.6 is 11.6 Å². The summed E-state index contributed by atoms with van der Waals surface area (Å²) in [6, 6.07) is 7.50. The minimum absolute atomic E-state index is 0.181. The first-order valence-corrected chi connectivity index (χ1v) is 5.56. The Hall–Kier alpha value is -0.730. The van der Waals surface area contributed by atoms with Gasteiger partial charge in [-0.15, -0.1) is 0 Å². The van der Waals surface area contributed by atoms with Crippen molar-refractivity contribution in [1.82, 2.24) is 5.32 Å². The summed E-state index contributed by atoms with van der Waals surface area (Å²) in [5.74, 6) is 0.821. The monoisotopic (exact) mass is 227 g/mol. The van der Waals surface area contributed by atoms with E-state index in [-0.39, 0.29) is 5.60 Å². The van der Waals surface area contributed by atoms with Crippen LogP contribution in [0.4, 0.5) is 0 Å². The Morgan fingerprint density at radius 3 is 2.73 bits per heavy atom. The van der Waals surface area contributed by atoms with Gasteiger partial charge in [-0.3, -0.25) is 0 Å². The van der Waals surface area contributed by atoms with Crippen LogP contribution in [0.5, 0.6) is 5.75 Å². The number of rotatable bonds is 5. The number of benzene rings is 1. The van der Waals surface area contributed by atoms with Crippen molar-refractivity contribution >= 4 is 11.6 Å². The lowest BCUT2D eigenvalue weighted by Crippen LogP contribution is -2.41. The smallest absolute Gasteiger partial charge is 0.121 e. The molecule has 3 heteroatoms. The Bertz CT molecular complexity index is 316. The van der Waals surface area contributed by atoms with Gasteiger partial charge >= 0.3 is 0 Å². The molecule has 0 aromatic heterocycles. The van der Waals surface area contributed by atoms with Crippen LogP contribution in [0.2, 0.25) is 5.02 Å². The average Bonchev–Trinajstić information content (AvgIpc) is 2.18. The van der Waals surface area contributed by atoms with Crippen LogP contribution in [0.1, 0.15) is 20.3 Å². The summed E-state index contributed by atoms with van der Waals surface area (Å²) in [7, 11) is 1.93. The zero-order chi connectivity index (χ0) is 11.3. The van der Waals surface area contributed by atoms with E-state index in [2.05, 4.69) is 19.2 Å². The van der Waals surface area contributed by atoms with Crippen LogP contribution in [-0.4, -0.2) is 19.2 Å². The standard InChI is InChI=1S/C12H18ClNO/c1-4-12(2,9-14-3)15-11-7-5-6-10(13)8-11/h5-8,14H,4,9H2,1-3H3. The zero-order valence-corrected chi connectivity index (χ0v) is 10.3. The molecule has 2 nitrogen and oxygen atoms in total. The molecule has 1 aromatic rings. The van der Waals surface area contributed by atoms with Gasteiger partial charge in [0.2, 0.25) is 0 Å². The number of nitrogens with one attached hydrogen (secondary N) is 1. The van der Waals surface area contributed by atoms with E-state index in [0.29, 0.717) is 5.02 Å². The lowest BCUT2D eigenvalue weighted by molar-refractivity contribution is 0.0858. The number of ether oxygens (including phenoxy) is 1. The van der Waals surface area contributed by atoms with Gasteiger partial charge < -0.3 is 10.1 Å². The third-order valence-corrected chi connectivity index (χ3v) is 2.69. The highest BCUT2D eigenvalue weighted by Gasteiger charge is 2.23. The molecular formula is C12H18ClNO. The van der Waals surface area contributed by atoms with E-state index in [1.165, 1.54) is 0 Å². The van der Waals surface area contributed by atoms with Crippen LogP contribution in [-0.2, 0) is 0 Å². The quantitative estimate of drug-likeness (QED) is 0.835. The molecule has 0 spiro atoms. The van der Waals surface area contributed by atoms with Gasteiger partial charge in [-0.2, -0.15) is 0 Å². The molecule has 0 saturated heterocycles. The number of hydrogen-bond acceptors (Lipinski definition) is 2. The van der Waals surface area contributed by atoms with E-state index >= 15 is 0 Å². The fraction of sp³-hybridized carbons (Fsp3) is 0.500. The predicted molar refractivity (Wildman–Crippen MR) is 64.7 cm³/mol. The minimum atomic E-state index is -0.181. The van der Waals surface area contributed by atoms with Crippen LogP contribution < -0.4 is 10.1 Å². The maximum absolute atomic E-state index is 5.93. The average molecular weight is 228 g/mol. The van der Waals surface area contributed by atoms with E-state index in [0.717, 1.165) is 18.7 Å². The maximum atomic E-state index is 5.93. The first-order valence-electron chi connectivity index (χ1n) is 5.19. The van der Waals surface area contributed by atoms with E-state index in [1.807, 2.05) is 31.3 Å². The fourth-order valence-corrected chi connectivity index (χ4v) is 1.60.